The predicted octanol–water partition coefficient (Wildman–Crippen LogP) is 5.39. The van der Waals surface area contributed by atoms with E-state index in [1.165, 1.54) is 0 Å². The number of benzene rings is 3. The summed E-state index contributed by atoms with van der Waals surface area (Å²) in [7, 11) is 0. The number of amides is 1. The van der Waals surface area contributed by atoms with Crippen LogP contribution in [0.4, 0.5) is 5.69 Å². The van der Waals surface area contributed by atoms with Crippen LogP contribution >= 0.6 is 11.8 Å². The summed E-state index contributed by atoms with van der Waals surface area (Å²) < 4.78 is 11.4. The molecule has 0 aliphatic carbocycles. The van der Waals surface area contributed by atoms with Gasteiger partial charge in [0.2, 0.25) is 0 Å². The summed E-state index contributed by atoms with van der Waals surface area (Å²) in [5, 5.41) is 2.90. The molecular weight excluding hydrogens is 370 g/mol. The smallest absolute Gasteiger partial charge is 0.255 e. The Balaban J connectivity index is 1.36. The molecule has 0 bridgehead atoms. The van der Waals surface area contributed by atoms with E-state index in [-0.39, 0.29) is 5.91 Å². The SMILES string of the molecule is O=C(Nc1ccccc1)c1ccc(CSc2ccc3c(c2)OCCCO3)cc1. The van der Waals surface area contributed by atoms with E-state index in [9.17, 15) is 4.79 Å². The zero-order valence-corrected chi connectivity index (χ0v) is 16.2. The number of carbonyl (C=O) groups is 1. The summed E-state index contributed by atoms with van der Waals surface area (Å²) >= 11 is 1.73. The van der Waals surface area contributed by atoms with Gasteiger partial charge in [-0.05, 0) is 48.0 Å². The summed E-state index contributed by atoms with van der Waals surface area (Å²) in [6.07, 6.45) is 0.904. The third-order valence-corrected chi connectivity index (χ3v) is 5.44. The molecule has 1 aliphatic rings. The zero-order valence-electron chi connectivity index (χ0n) is 15.4. The van der Waals surface area contributed by atoms with E-state index in [4.69, 9.17) is 9.47 Å². The first-order valence-electron chi connectivity index (χ1n) is 9.26. The van der Waals surface area contributed by atoms with Gasteiger partial charge in [-0.25, -0.2) is 0 Å². The molecule has 0 saturated heterocycles. The van der Waals surface area contributed by atoms with Gasteiger partial charge in [-0.15, -0.1) is 11.8 Å². The van der Waals surface area contributed by atoms with Crippen molar-refractivity contribution in [1.82, 2.24) is 0 Å². The molecule has 1 amide bonds. The maximum Gasteiger partial charge on any atom is 0.255 e. The number of nitrogens with one attached hydrogen (secondary N) is 1. The van der Waals surface area contributed by atoms with Gasteiger partial charge in [-0.1, -0.05) is 30.3 Å². The topological polar surface area (TPSA) is 47.6 Å². The van der Waals surface area contributed by atoms with Crippen molar-refractivity contribution in [2.45, 2.75) is 17.1 Å². The molecule has 142 valence electrons. The van der Waals surface area contributed by atoms with Gasteiger partial charge in [0.15, 0.2) is 11.5 Å². The lowest BCUT2D eigenvalue weighted by atomic mass is 10.1. The highest BCUT2D eigenvalue weighted by Crippen LogP contribution is 2.34. The molecule has 28 heavy (non-hydrogen) atoms. The molecule has 5 heteroatoms. The van der Waals surface area contributed by atoms with E-state index in [1.807, 2.05) is 66.7 Å². The van der Waals surface area contributed by atoms with Crippen molar-refractivity contribution in [2.24, 2.45) is 0 Å². The first kappa shape index (κ1) is 18.4. The fourth-order valence-electron chi connectivity index (χ4n) is 2.88. The fourth-order valence-corrected chi connectivity index (χ4v) is 3.76. The van der Waals surface area contributed by atoms with Crippen molar-refractivity contribution in [3.8, 4) is 11.5 Å². The standard InChI is InChI=1S/C23H21NO3S/c25-23(24-19-5-2-1-3-6-19)18-9-7-17(8-10-18)16-28-20-11-12-21-22(15-20)27-14-4-13-26-21/h1-3,5-12,15H,4,13-14,16H2,(H,24,25). The Labute approximate surface area is 168 Å². The van der Waals surface area contributed by atoms with Crippen LogP contribution in [-0.2, 0) is 5.75 Å². The first-order chi connectivity index (χ1) is 13.8. The molecule has 0 aromatic heterocycles. The molecule has 4 rings (SSSR count). The maximum atomic E-state index is 12.3. The monoisotopic (exact) mass is 391 g/mol. The van der Waals surface area contributed by atoms with Crippen LogP contribution in [-0.4, -0.2) is 19.1 Å². The van der Waals surface area contributed by atoms with Crippen molar-refractivity contribution in [2.75, 3.05) is 18.5 Å². The number of anilines is 1. The molecule has 0 spiro atoms. The highest BCUT2D eigenvalue weighted by molar-refractivity contribution is 7.98. The Morgan fingerprint density at radius 3 is 2.43 bits per heavy atom. The van der Waals surface area contributed by atoms with Crippen LogP contribution in [0, 0.1) is 0 Å². The molecule has 1 aliphatic heterocycles. The molecule has 0 saturated carbocycles. The predicted molar refractivity (Wildman–Crippen MR) is 112 cm³/mol. The minimum Gasteiger partial charge on any atom is -0.490 e. The molecule has 1 heterocycles. The fraction of sp³-hybridized carbons (Fsp3) is 0.174. The quantitative estimate of drug-likeness (QED) is 0.592. The van der Waals surface area contributed by atoms with Gasteiger partial charge in [-0.3, -0.25) is 4.79 Å². The third kappa shape index (κ3) is 4.67. The first-order valence-corrected chi connectivity index (χ1v) is 10.2. The summed E-state index contributed by atoms with van der Waals surface area (Å²) in [6, 6.07) is 23.2. The van der Waals surface area contributed by atoms with Crippen LogP contribution in [0.1, 0.15) is 22.3 Å². The summed E-state index contributed by atoms with van der Waals surface area (Å²) in [4.78, 5) is 13.5. The Hall–Kier alpha value is -2.92. The van der Waals surface area contributed by atoms with Crippen molar-refractivity contribution in [1.29, 1.82) is 0 Å². The molecule has 0 fully saturated rings. The largest absolute Gasteiger partial charge is 0.490 e. The van der Waals surface area contributed by atoms with E-state index >= 15 is 0 Å². The minimum atomic E-state index is -0.103. The molecule has 1 N–H and O–H groups in total. The number of ether oxygens (including phenoxy) is 2. The van der Waals surface area contributed by atoms with E-state index < -0.39 is 0 Å². The van der Waals surface area contributed by atoms with E-state index in [1.54, 1.807) is 11.8 Å². The van der Waals surface area contributed by atoms with Crippen LogP contribution in [0.5, 0.6) is 11.5 Å². The van der Waals surface area contributed by atoms with Gasteiger partial charge in [0.05, 0.1) is 13.2 Å². The Morgan fingerprint density at radius 2 is 1.64 bits per heavy atom. The van der Waals surface area contributed by atoms with E-state index in [0.717, 1.165) is 39.8 Å². The second kappa shape index (κ2) is 8.85. The number of rotatable bonds is 5. The van der Waals surface area contributed by atoms with Crippen LogP contribution in [0.2, 0.25) is 0 Å². The lowest BCUT2D eigenvalue weighted by Crippen LogP contribution is -2.11. The Kier molecular flexibility index (Phi) is 5.83. The molecule has 0 radical (unpaired) electrons. The van der Waals surface area contributed by atoms with Crippen LogP contribution in [0.15, 0.2) is 77.7 Å². The zero-order chi connectivity index (χ0) is 19.2. The van der Waals surface area contributed by atoms with Crippen molar-refractivity contribution in [3.05, 3.63) is 83.9 Å². The number of carbonyl (C=O) groups excluding carboxylic acids is 1. The molecule has 0 atom stereocenters. The lowest BCUT2D eigenvalue weighted by Gasteiger charge is -2.09. The number of hydrogen-bond donors (Lipinski definition) is 1. The van der Waals surface area contributed by atoms with Crippen LogP contribution in [0.25, 0.3) is 0 Å². The number of fused-ring (bicyclic) bond motifs is 1. The van der Waals surface area contributed by atoms with E-state index in [0.29, 0.717) is 18.8 Å². The Bertz CT molecular complexity index is 942. The van der Waals surface area contributed by atoms with Crippen LogP contribution < -0.4 is 14.8 Å². The summed E-state index contributed by atoms with van der Waals surface area (Å²) in [5.41, 5.74) is 2.60. The normalized spacial score (nSPS) is 12.9. The summed E-state index contributed by atoms with van der Waals surface area (Å²) in [5.74, 6) is 2.35. The number of thioether (sulfide) groups is 1. The second-order valence-electron chi connectivity index (χ2n) is 6.46. The maximum absolute atomic E-state index is 12.3. The van der Waals surface area contributed by atoms with Crippen molar-refractivity contribution < 1.29 is 14.3 Å². The van der Waals surface area contributed by atoms with Crippen LogP contribution in [0.3, 0.4) is 0 Å². The van der Waals surface area contributed by atoms with Gasteiger partial charge in [0.1, 0.15) is 0 Å². The number of para-hydroxylation sites is 1. The molecule has 0 unspecified atom stereocenters. The molecular formula is C23H21NO3S. The van der Waals surface area contributed by atoms with Gasteiger partial charge in [0, 0.05) is 28.3 Å². The average Bonchev–Trinajstić information content (AvgIpc) is 2.98. The van der Waals surface area contributed by atoms with Crippen molar-refractivity contribution >= 4 is 23.4 Å². The number of hydrogen-bond acceptors (Lipinski definition) is 4. The summed E-state index contributed by atoms with van der Waals surface area (Å²) in [6.45, 7) is 1.39. The highest BCUT2D eigenvalue weighted by Gasteiger charge is 2.11. The molecule has 3 aromatic carbocycles. The van der Waals surface area contributed by atoms with Gasteiger partial charge in [-0.2, -0.15) is 0 Å². The second-order valence-corrected chi connectivity index (χ2v) is 7.51. The lowest BCUT2D eigenvalue weighted by molar-refractivity contribution is 0.102. The van der Waals surface area contributed by atoms with Crippen molar-refractivity contribution in [3.63, 3.8) is 0 Å². The van der Waals surface area contributed by atoms with E-state index in [2.05, 4.69) is 11.4 Å². The third-order valence-electron chi connectivity index (χ3n) is 4.37. The Morgan fingerprint density at radius 1 is 0.893 bits per heavy atom. The minimum absolute atomic E-state index is 0.103. The van der Waals surface area contributed by atoms with Gasteiger partial charge >= 0.3 is 0 Å². The van der Waals surface area contributed by atoms with Gasteiger partial charge < -0.3 is 14.8 Å². The van der Waals surface area contributed by atoms with Gasteiger partial charge in [0.25, 0.3) is 5.91 Å². The highest BCUT2D eigenvalue weighted by atomic mass is 32.2. The average molecular weight is 391 g/mol. The molecule has 4 nitrogen and oxygen atoms in total. The molecule has 3 aromatic rings.